The minimum atomic E-state index is -2.12. The number of aliphatic hydroxyl groups is 2. The van der Waals surface area contributed by atoms with E-state index in [1.165, 1.54) is 0 Å². The highest BCUT2D eigenvalue weighted by Crippen LogP contribution is 2.07. The van der Waals surface area contributed by atoms with Crippen LogP contribution < -0.4 is 5.32 Å². The predicted octanol–water partition coefficient (Wildman–Crippen LogP) is -0.857. The molecule has 0 spiro atoms. The van der Waals surface area contributed by atoms with Crippen molar-refractivity contribution in [1.29, 1.82) is 0 Å². The first kappa shape index (κ1) is 12.4. The van der Waals surface area contributed by atoms with Crippen LogP contribution in [0.25, 0.3) is 0 Å². The average Bonchev–Trinajstić information content (AvgIpc) is 2.28. The van der Waals surface area contributed by atoms with Gasteiger partial charge in [0.05, 0.1) is 0 Å². The summed E-state index contributed by atoms with van der Waals surface area (Å²) >= 11 is 0. The zero-order chi connectivity index (χ0) is 12.1. The van der Waals surface area contributed by atoms with E-state index in [1.807, 2.05) is 6.08 Å². The number of allylic oxidation sites excluding steroid dienone is 3. The third-order valence-electron chi connectivity index (χ3n) is 2.08. The lowest BCUT2D eigenvalue weighted by Crippen LogP contribution is -2.45. The third-order valence-corrected chi connectivity index (χ3v) is 2.08. The van der Waals surface area contributed by atoms with Crippen molar-refractivity contribution >= 4 is 11.9 Å². The molecule has 0 aromatic carbocycles. The van der Waals surface area contributed by atoms with Gasteiger partial charge in [0.2, 0.25) is 0 Å². The standard InChI is InChI=1S/C10H13NO5/c12-7(8(13)10(15)16)9(14)11-6-4-2-1-3-5-6/h2,4-5,7-8,12-13H,1,3H2,(H,11,14)(H,15,16). The molecule has 6 nitrogen and oxygen atoms in total. The van der Waals surface area contributed by atoms with Crippen LogP contribution in [-0.4, -0.2) is 39.4 Å². The Balaban J connectivity index is 2.55. The van der Waals surface area contributed by atoms with Crippen LogP contribution in [0.1, 0.15) is 12.8 Å². The van der Waals surface area contributed by atoms with Crippen molar-refractivity contribution in [2.75, 3.05) is 0 Å². The zero-order valence-corrected chi connectivity index (χ0v) is 8.46. The van der Waals surface area contributed by atoms with E-state index >= 15 is 0 Å². The molecule has 6 heteroatoms. The van der Waals surface area contributed by atoms with Gasteiger partial charge in [-0.2, -0.15) is 0 Å². The Morgan fingerprint density at radius 2 is 1.94 bits per heavy atom. The maximum atomic E-state index is 11.3. The largest absolute Gasteiger partial charge is 0.479 e. The molecule has 4 N–H and O–H groups in total. The monoisotopic (exact) mass is 227 g/mol. The molecule has 1 rings (SSSR count). The van der Waals surface area contributed by atoms with Gasteiger partial charge >= 0.3 is 5.97 Å². The Morgan fingerprint density at radius 3 is 2.44 bits per heavy atom. The highest BCUT2D eigenvalue weighted by molar-refractivity contribution is 5.88. The van der Waals surface area contributed by atoms with Gasteiger partial charge < -0.3 is 20.6 Å². The molecule has 0 heterocycles. The van der Waals surface area contributed by atoms with Gasteiger partial charge in [-0.3, -0.25) is 4.79 Å². The van der Waals surface area contributed by atoms with Crippen LogP contribution in [0, 0.1) is 0 Å². The van der Waals surface area contributed by atoms with Crippen molar-refractivity contribution in [1.82, 2.24) is 5.32 Å². The molecule has 1 amide bonds. The van der Waals surface area contributed by atoms with Crippen molar-refractivity contribution in [3.05, 3.63) is 23.9 Å². The Bertz CT molecular complexity index is 347. The highest BCUT2D eigenvalue weighted by Gasteiger charge is 2.30. The van der Waals surface area contributed by atoms with E-state index in [0.29, 0.717) is 5.70 Å². The lowest BCUT2D eigenvalue weighted by molar-refractivity contribution is -0.157. The number of carbonyl (C=O) groups is 2. The van der Waals surface area contributed by atoms with Crippen LogP contribution >= 0.6 is 0 Å². The topological polar surface area (TPSA) is 107 Å². The summed E-state index contributed by atoms with van der Waals surface area (Å²) in [6.07, 6.45) is 2.79. The normalized spacial score (nSPS) is 18.5. The third kappa shape index (κ3) is 3.18. The summed E-state index contributed by atoms with van der Waals surface area (Å²) in [6, 6.07) is 0. The van der Waals surface area contributed by atoms with Gasteiger partial charge in [-0.15, -0.1) is 0 Å². The van der Waals surface area contributed by atoms with Gasteiger partial charge in [0.15, 0.2) is 12.2 Å². The van der Waals surface area contributed by atoms with Crippen molar-refractivity contribution in [3.8, 4) is 0 Å². The lowest BCUT2D eigenvalue weighted by atomic mass is 10.1. The van der Waals surface area contributed by atoms with E-state index in [4.69, 9.17) is 10.2 Å². The molecule has 0 aliphatic heterocycles. The molecule has 0 aromatic rings. The maximum absolute atomic E-state index is 11.3. The molecule has 0 bridgehead atoms. The molecule has 1 aliphatic carbocycles. The molecule has 0 aromatic heterocycles. The van der Waals surface area contributed by atoms with Crippen molar-refractivity contribution in [2.45, 2.75) is 25.0 Å². The second kappa shape index (κ2) is 5.43. The predicted molar refractivity (Wildman–Crippen MR) is 54.2 cm³/mol. The summed E-state index contributed by atoms with van der Waals surface area (Å²) in [4.78, 5) is 21.6. The number of aliphatic hydroxyl groups excluding tert-OH is 2. The Kier molecular flexibility index (Phi) is 4.21. The Labute approximate surface area is 91.9 Å². The molecule has 88 valence electrons. The van der Waals surface area contributed by atoms with E-state index in [0.717, 1.165) is 12.8 Å². The van der Waals surface area contributed by atoms with Crippen LogP contribution in [0.2, 0.25) is 0 Å². The van der Waals surface area contributed by atoms with E-state index in [1.54, 1.807) is 12.2 Å². The molecular formula is C10H13NO5. The molecule has 2 atom stereocenters. The van der Waals surface area contributed by atoms with Gasteiger partial charge in [-0.25, -0.2) is 4.79 Å². The van der Waals surface area contributed by atoms with Crippen LogP contribution in [0.5, 0.6) is 0 Å². The van der Waals surface area contributed by atoms with Crippen LogP contribution in [0.4, 0.5) is 0 Å². The average molecular weight is 227 g/mol. The fourth-order valence-electron chi connectivity index (χ4n) is 1.20. The number of amides is 1. The molecule has 2 unspecified atom stereocenters. The highest BCUT2D eigenvalue weighted by atomic mass is 16.4. The fraction of sp³-hybridized carbons (Fsp3) is 0.400. The molecular weight excluding hydrogens is 214 g/mol. The number of nitrogens with one attached hydrogen (secondary N) is 1. The molecule has 0 fully saturated rings. The number of carboxylic acids is 1. The quantitative estimate of drug-likeness (QED) is 0.500. The van der Waals surface area contributed by atoms with Crippen molar-refractivity contribution in [2.24, 2.45) is 0 Å². The lowest BCUT2D eigenvalue weighted by Gasteiger charge is -2.15. The second-order valence-corrected chi connectivity index (χ2v) is 3.36. The minimum Gasteiger partial charge on any atom is -0.479 e. The summed E-state index contributed by atoms with van der Waals surface area (Å²) in [5, 5.41) is 28.8. The molecule has 1 aliphatic rings. The molecule has 0 radical (unpaired) electrons. The summed E-state index contributed by atoms with van der Waals surface area (Å²) in [6.45, 7) is 0. The first-order chi connectivity index (χ1) is 7.52. The van der Waals surface area contributed by atoms with Gasteiger partial charge in [-0.1, -0.05) is 12.2 Å². The molecule has 16 heavy (non-hydrogen) atoms. The van der Waals surface area contributed by atoms with Crippen molar-refractivity contribution < 1.29 is 24.9 Å². The van der Waals surface area contributed by atoms with E-state index in [-0.39, 0.29) is 0 Å². The number of rotatable bonds is 4. The maximum Gasteiger partial charge on any atom is 0.335 e. The van der Waals surface area contributed by atoms with Gasteiger partial charge in [0.1, 0.15) is 0 Å². The van der Waals surface area contributed by atoms with Crippen LogP contribution in [-0.2, 0) is 9.59 Å². The van der Waals surface area contributed by atoms with Gasteiger partial charge in [0, 0.05) is 5.70 Å². The van der Waals surface area contributed by atoms with Gasteiger partial charge in [0.25, 0.3) is 5.91 Å². The minimum absolute atomic E-state index is 0.493. The zero-order valence-electron chi connectivity index (χ0n) is 8.46. The number of hydrogen-bond donors (Lipinski definition) is 4. The van der Waals surface area contributed by atoms with Crippen molar-refractivity contribution in [3.63, 3.8) is 0 Å². The Morgan fingerprint density at radius 1 is 1.25 bits per heavy atom. The Hall–Kier alpha value is -1.66. The number of carboxylic acid groups (broad SMARTS) is 1. The smallest absolute Gasteiger partial charge is 0.335 e. The van der Waals surface area contributed by atoms with Crippen LogP contribution in [0.3, 0.4) is 0 Å². The van der Waals surface area contributed by atoms with E-state index in [2.05, 4.69) is 5.32 Å². The summed E-state index contributed by atoms with van der Waals surface area (Å²) in [5.41, 5.74) is 0.493. The second-order valence-electron chi connectivity index (χ2n) is 3.36. The first-order valence-corrected chi connectivity index (χ1v) is 4.79. The molecule has 0 saturated carbocycles. The summed E-state index contributed by atoms with van der Waals surface area (Å²) in [5.74, 6) is -2.58. The SMILES string of the molecule is O=C(O)C(O)C(O)C(=O)NC1=CCCC=C1. The van der Waals surface area contributed by atoms with Gasteiger partial charge in [-0.05, 0) is 18.9 Å². The molecule has 0 saturated heterocycles. The van der Waals surface area contributed by atoms with Crippen LogP contribution in [0.15, 0.2) is 23.9 Å². The van der Waals surface area contributed by atoms with E-state index < -0.39 is 24.1 Å². The summed E-state index contributed by atoms with van der Waals surface area (Å²) < 4.78 is 0. The first-order valence-electron chi connectivity index (χ1n) is 4.79. The summed E-state index contributed by atoms with van der Waals surface area (Å²) in [7, 11) is 0. The number of hydrogen-bond acceptors (Lipinski definition) is 4. The fourth-order valence-corrected chi connectivity index (χ4v) is 1.20. The van der Waals surface area contributed by atoms with E-state index in [9.17, 15) is 14.7 Å². The number of aliphatic carboxylic acids is 1. The number of carbonyl (C=O) groups excluding carboxylic acids is 1.